The van der Waals surface area contributed by atoms with Gasteiger partial charge in [-0.3, -0.25) is 0 Å². The Morgan fingerprint density at radius 2 is 2.18 bits per heavy atom. The van der Waals surface area contributed by atoms with E-state index in [1.807, 2.05) is 0 Å². The Balaban J connectivity index is 2.26. The summed E-state index contributed by atoms with van der Waals surface area (Å²) >= 11 is 5.90. The zero-order valence-corrected chi connectivity index (χ0v) is 9.55. The van der Waals surface area contributed by atoms with Gasteiger partial charge in [-0.15, -0.1) is 0 Å². The van der Waals surface area contributed by atoms with E-state index in [0.29, 0.717) is 5.69 Å². The first kappa shape index (κ1) is 12.1. The van der Waals surface area contributed by atoms with Crippen LogP contribution < -0.4 is 4.90 Å². The van der Waals surface area contributed by atoms with Gasteiger partial charge in [-0.05, 0) is 18.2 Å². The lowest BCUT2D eigenvalue weighted by Crippen LogP contribution is -2.25. The van der Waals surface area contributed by atoms with Crippen molar-refractivity contribution >= 4 is 23.3 Å². The molecular weight excluding hydrogens is 252 g/mol. The molecule has 0 aromatic heterocycles. The molecule has 1 aliphatic heterocycles. The third kappa shape index (κ3) is 2.49. The predicted octanol–water partition coefficient (Wildman–Crippen LogP) is 2.88. The molecule has 0 atom stereocenters. The van der Waals surface area contributed by atoms with Gasteiger partial charge in [0.05, 0.1) is 22.8 Å². The predicted molar refractivity (Wildman–Crippen MR) is 60.2 cm³/mol. The number of halogens is 3. The van der Waals surface area contributed by atoms with Gasteiger partial charge in [0, 0.05) is 13.0 Å². The van der Waals surface area contributed by atoms with Crippen molar-refractivity contribution < 1.29 is 18.7 Å². The lowest BCUT2D eigenvalue weighted by atomic mass is 10.2. The smallest absolute Gasteiger partial charge is 0.335 e. The van der Waals surface area contributed by atoms with Crippen molar-refractivity contribution in [2.45, 2.75) is 12.3 Å². The maximum absolute atomic E-state index is 13.0. The zero-order chi connectivity index (χ0) is 12.6. The largest absolute Gasteiger partial charge is 0.478 e. The van der Waals surface area contributed by atoms with Gasteiger partial charge in [-0.25, -0.2) is 13.6 Å². The number of hydrogen-bond donors (Lipinski definition) is 1. The third-order valence-corrected chi connectivity index (χ3v) is 3.01. The van der Waals surface area contributed by atoms with Gasteiger partial charge in [-0.1, -0.05) is 11.6 Å². The molecule has 1 fully saturated rings. The summed E-state index contributed by atoms with van der Waals surface area (Å²) in [5, 5.41) is 8.94. The molecule has 2 rings (SSSR count). The van der Waals surface area contributed by atoms with E-state index in [1.54, 1.807) is 0 Å². The van der Waals surface area contributed by atoms with E-state index in [-0.39, 0.29) is 30.1 Å². The van der Waals surface area contributed by atoms with Gasteiger partial charge >= 0.3 is 5.97 Å². The van der Waals surface area contributed by atoms with E-state index in [0.717, 1.165) is 0 Å². The van der Waals surface area contributed by atoms with Crippen LogP contribution in [-0.2, 0) is 0 Å². The van der Waals surface area contributed by atoms with Crippen molar-refractivity contribution in [1.29, 1.82) is 0 Å². The van der Waals surface area contributed by atoms with Crippen LogP contribution in [0.15, 0.2) is 18.2 Å². The SMILES string of the molecule is O=C(O)c1ccc(N2CCC(F)(F)C2)c(Cl)c1. The maximum Gasteiger partial charge on any atom is 0.335 e. The fourth-order valence-electron chi connectivity index (χ4n) is 1.84. The van der Waals surface area contributed by atoms with Crippen molar-refractivity contribution in [3.8, 4) is 0 Å². The molecule has 1 aromatic carbocycles. The summed E-state index contributed by atoms with van der Waals surface area (Å²) in [5.74, 6) is -3.79. The van der Waals surface area contributed by atoms with E-state index >= 15 is 0 Å². The molecule has 1 saturated heterocycles. The molecule has 6 heteroatoms. The van der Waals surface area contributed by atoms with Crippen LogP contribution in [0.1, 0.15) is 16.8 Å². The van der Waals surface area contributed by atoms with Crippen molar-refractivity contribution in [2.24, 2.45) is 0 Å². The molecule has 1 aliphatic rings. The Hall–Kier alpha value is -1.36. The minimum atomic E-state index is -2.70. The molecule has 0 amide bonds. The van der Waals surface area contributed by atoms with Crippen LogP contribution in [-0.4, -0.2) is 30.1 Å². The third-order valence-electron chi connectivity index (χ3n) is 2.70. The van der Waals surface area contributed by atoms with Crippen molar-refractivity contribution in [3.63, 3.8) is 0 Å². The minimum Gasteiger partial charge on any atom is -0.478 e. The van der Waals surface area contributed by atoms with E-state index in [1.165, 1.54) is 23.1 Å². The Labute approximate surface area is 102 Å². The number of benzene rings is 1. The van der Waals surface area contributed by atoms with E-state index in [4.69, 9.17) is 16.7 Å². The quantitative estimate of drug-likeness (QED) is 0.890. The molecule has 0 radical (unpaired) electrons. The molecule has 92 valence electrons. The van der Waals surface area contributed by atoms with Gasteiger partial charge in [0.25, 0.3) is 5.92 Å². The summed E-state index contributed by atoms with van der Waals surface area (Å²) in [4.78, 5) is 12.2. The Morgan fingerprint density at radius 3 is 2.65 bits per heavy atom. The molecule has 0 unspecified atom stereocenters. The highest BCUT2D eigenvalue weighted by atomic mass is 35.5. The number of carbonyl (C=O) groups is 1. The normalized spacial score (nSPS) is 18.4. The fraction of sp³-hybridized carbons (Fsp3) is 0.364. The average Bonchev–Trinajstić information content (AvgIpc) is 2.58. The molecule has 1 N–H and O–H groups in total. The van der Waals surface area contributed by atoms with Crippen LogP contribution in [0.3, 0.4) is 0 Å². The Kier molecular flexibility index (Phi) is 2.95. The summed E-state index contributed by atoms with van der Waals surface area (Å²) < 4.78 is 26.1. The second-order valence-electron chi connectivity index (χ2n) is 4.00. The van der Waals surface area contributed by atoms with E-state index < -0.39 is 11.9 Å². The van der Waals surface area contributed by atoms with Gasteiger partial charge in [0.1, 0.15) is 0 Å². The van der Waals surface area contributed by atoms with Crippen LogP contribution >= 0.6 is 11.6 Å². The number of carboxylic acids is 1. The fourth-order valence-corrected chi connectivity index (χ4v) is 2.14. The van der Waals surface area contributed by atoms with Gasteiger partial charge in [0.2, 0.25) is 0 Å². The minimum absolute atomic E-state index is 0.0460. The monoisotopic (exact) mass is 261 g/mol. The Morgan fingerprint density at radius 1 is 1.47 bits per heavy atom. The Bertz CT molecular complexity index is 465. The number of anilines is 1. The highest BCUT2D eigenvalue weighted by Crippen LogP contribution is 2.34. The number of alkyl halides is 2. The summed E-state index contributed by atoms with van der Waals surface area (Å²) in [6.07, 6.45) is -0.204. The number of rotatable bonds is 2. The number of carboxylic acid groups (broad SMARTS) is 1. The van der Waals surface area contributed by atoms with Crippen LogP contribution in [0.25, 0.3) is 0 Å². The lowest BCUT2D eigenvalue weighted by molar-refractivity contribution is 0.0257. The summed E-state index contributed by atoms with van der Waals surface area (Å²) in [6.45, 7) is -0.154. The molecule has 0 saturated carbocycles. The summed E-state index contributed by atoms with van der Waals surface area (Å²) in [5.41, 5.74) is 0.499. The van der Waals surface area contributed by atoms with Crippen LogP contribution in [0.4, 0.5) is 14.5 Å². The first-order valence-corrected chi connectivity index (χ1v) is 5.42. The number of aromatic carboxylic acids is 1. The van der Waals surface area contributed by atoms with Gasteiger partial charge < -0.3 is 10.0 Å². The molecule has 0 spiro atoms. The molecule has 3 nitrogen and oxygen atoms in total. The second-order valence-corrected chi connectivity index (χ2v) is 4.41. The van der Waals surface area contributed by atoms with Crippen molar-refractivity contribution in [3.05, 3.63) is 28.8 Å². The first-order valence-electron chi connectivity index (χ1n) is 5.05. The number of nitrogens with zero attached hydrogens (tertiary/aromatic N) is 1. The van der Waals surface area contributed by atoms with Crippen molar-refractivity contribution in [1.82, 2.24) is 0 Å². The first-order chi connectivity index (χ1) is 7.89. The lowest BCUT2D eigenvalue weighted by Gasteiger charge is -2.19. The highest BCUT2D eigenvalue weighted by molar-refractivity contribution is 6.33. The molecular formula is C11H10ClF2NO2. The summed E-state index contributed by atoms with van der Waals surface area (Å²) in [6, 6.07) is 4.10. The standard InChI is InChI=1S/C11H10ClF2NO2/c12-8-5-7(10(16)17)1-2-9(8)15-4-3-11(13,14)6-15/h1-2,5H,3-4,6H2,(H,16,17). The molecule has 0 bridgehead atoms. The number of hydrogen-bond acceptors (Lipinski definition) is 2. The summed E-state index contributed by atoms with van der Waals surface area (Å²) in [7, 11) is 0. The topological polar surface area (TPSA) is 40.5 Å². The highest BCUT2D eigenvalue weighted by Gasteiger charge is 2.38. The molecule has 0 aliphatic carbocycles. The molecule has 17 heavy (non-hydrogen) atoms. The van der Waals surface area contributed by atoms with Gasteiger partial charge in [0.15, 0.2) is 0 Å². The van der Waals surface area contributed by atoms with E-state index in [9.17, 15) is 13.6 Å². The van der Waals surface area contributed by atoms with E-state index in [2.05, 4.69) is 0 Å². The molecule has 1 aromatic rings. The zero-order valence-electron chi connectivity index (χ0n) is 8.79. The van der Waals surface area contributed by atoms with Crippen LogP contribution in [0.2, 0.25) is 5.02 Å². The molecule has 1 heterocycles. The van der Waals surface area contributed by atoms with Crippen molar-refractivity contribution in [2.75, 3.05) is 18.0 Å². The average molecular weight is 262 g/mol. The second kappa shape index (κ2) is 4.14. The maximum atomic E-state index is 13.0. The van der Waals surface area contributed by atoms with Gasteiger partial charge in [-0.2, -0.15) is 0 Å². The van der Waals surface area contributed by atoms with Crippen LogP contribution in [0.5, 0.6) is 0 Å². The van der Waals surface area contributed by atoms with Crippen LogP contribution in [0, 0.1) is 0 Å².